The number of nitrogens with two attached hydrogens (primary N) is 2. The number of amidine groups is 1. The molecule has 138 valence electrons. The SMILES string of the molecule is COc1cc(CNC(=O)c2cc(/C(N)=N/N(C)N)nc(C)n2)ccc1F. The fourth-order valence-electron chi connectivity index (χ4n) is 2.12. The van der Waals surface area contributed by atoms with E-state index in [1.165, 1.54) is 32.4 Å². The zero-order valence-corrected chi connectivity index (χ0v) is 14.7. The smallest absolute Gasteiger partial charge is 0.270 e. The summed E-state index contributed by atoms with van der Waals surface area (Å²) in [4.78, 5) is 20.6. The molecule has 0 fully saturated rings. The summed E-state index contributed by atoms with van der Waals surface area (Å²) in [5.74, 6) is 5.02. The van der Waals surface area contributed by atoms with Crippen molar-refractivity contribution in [1.82, 2.24) is 20.4 Å². The number of amides is 1. The highest BCUT2D eigenvalue weighted by molar-refractivity contribution is 5.99. The van der Waals surface area contributed by atoms with Crippen LogP contribution in [0.5, 0.6) is 5.75 Å². The number of rotatable bonds is 6. The second-order valence-corrected chi connectivity index (χ2v) is 5.40. The highest BCUT2D eigenvalue weighted by atomic mass is 19.1. The molecule has 2 aromatic rings. The second-order valence-electron chi connectivity index (χ2n) is 5.40. The summed E-state index contributed by atoms with van der Waals surface area (Å²) in [5.41, 5.74) is 6.88. The van der Waals surface area contributed by atoms with Crippen molar-refractivity contribution in [2.45, 2.75) is 13.5 Å². The van der Waals surface area contributed by atoms with Gasteiger partial charge < -0.3 is 15.8 Å². The van der Waals surface area contributed by atoms with Crippen LogP contribution >= 0.6 is 0 Å². The molecule has 0 aliphatic carbocycles. The Labute approximate surface area is 149 Å². The van der Waals surface area contributed by atoms with Gasteiger partial charge in [0.25, 0.3) is 5.91 Å². The maximum atomic E-state index is 13.4. The fraction of sp³-hybridized carbons (Fsp3) is 0.250. The quantitative estimate of drug-likeness (QED) is 0.291. The maximum Gasteiger partial charge on any atom is 0.270 e. The van der Waals surface area contributed by atoms with Crippen LogP contribution in [-0.2, 0) is 6.54 Å². The number of hydrogen-bond donors (Lipinski definition) is 3. The minimum atomic E-state index is -0.474. The van der Waals surface area contributed by atoms with Gasteiger partial charge in [-0.1, -0.05) is 6.07 Å². The van der Waals surface area contributed by atoms with Crippen LogP contribution in [0.2, 0.25) is 0 Å². The minimum Gasteiger partial charge on any atom is -0.494 e. The van der Waals surface area contributed by atoms with Gasteiger partial charge in [-0.3, -0.25) is 4.79 Å². The molecule has 0 aliphatic rings. The molecule has 0 aliphatic heterocycles. The van der Waals surface area contributed by atoms with E-state index in [1.54, 1.807) is 13.0 Å². The number of methoxy groups -OCH3 is 1. The Morgan fingerprint density at radius 3 is 2.69 bits per heavy atom. The Morgan fingerprint density at radius 2 is 2.04 bits per heavy atom. The number of nitrogens with one attached hydrogen (secondary N) is 1. The average Bonchev–Trinajstić information content (AvgIpc) is 2.59. The number of nitrogens with zero attached hydrogens (tertiary/aromatic N) is 4. The molecule has 0 saturated heterocycles. The van der Waals surface area contributed by atoms with Gasteiger partial charge in [0.15, 0.2) is 17.4 Å². The van der Waals surface area contributed by atoms with Gasteiger partial charge in [-0.25, -0.2) is 25.3 Å². The Morgan fingerprint density at radius 1 is 1.35 bits per heavy atom. The first-order valence-electron chi connectivity index (χ1n) is 7.59. The molecule has 5 N–H and O–H groups in total. The molecule has 1 amide bonds. The van der Waals surface area contributed by atoms with Crippen LogP contribution in [0.4, 0.5) is 4.39 Å². The number of carbonyl (C=O) groups is 1. The molecule has 2 rings (SSSR count). The number of halogens is 1. The third-order valence-corrected chi connectivity index (χ3v) is 3.27. The predicted octanol–water partition coefficient (Wildman–Crippen LogP) is 0.289. The molecule has 0 radical (unpaired) electrons. The van der Waals surface area contributed by atoms with Crippen molar-refractivity contribution in [2.24, 2.45) is 16.7 Å². The summed E-state index contributed by atoms with van der Waals surface area (Å²) < 4.78 is 18.3. The standard InChI is InChI=1S/C16H20FN7O2/c1-9-21-12(15(18)23-24(2)19)7-13(22-9)16(25)20-8-10-4-5-11(17)14(6-10)26-3/h4-7H,8,19H2,1-3H3,(H2,18,23)(H,20,25). The van der Waals surface area contributed by atoms with Crippen molar-refractivity contribution in [3.63, 3.8) is 0 Å². The number of aryl methyl sites for hydroxylation is 1. The number of ether oxygens (including phenoxy) is 1. The number of hydrogen-bond acceptors (Lipinski definition) is 7. The van der Waals surface area contributed by atoms with E-state index in [0.29, 0.717) is 11.4 Å². The zero-order valence-electron chi connectivity index (χ0n) is 14.7. The summed E-state index contributed by atoms with van der Waals surface area (Å²) in [5, 5.41) is 7.58. The number of carbonyl (C=O) groups excluding carboxylic acids is 1. The lowest BCUT2D eigenvalue weighted by molar-refractivity contribution is 0.0945. The Bertz CT molecular complexity index is 839. The number of benzene rings is 1. The molecule has 0 atom stereocenters. The van der Waals surface area contributed by atoms with E-state index >= 15 is 0 Å². The van der Waals surface area contributed by atoms with Crippen molar-refractivity contribution < 1.29 is 13.9 Å². The first-order valence-corrected chi connectivity index (χ1v) is 7.59. The van der Waals surface area contributed by atoms with Gasteiger partial charge in [-0.2, -0.15) is 0 Å². The van der Waals surface area contributed by atoms with E-state index in [-0.39, 0.29) is 29.5 Å². The molecule has 0 bridgehead atoms. The van der Waals surface area contributed by atoms with Crippen LogP contribution in [-0.4, -0.2) is 41.0 Å². The average molecular weight is 361 g/mol. The minimum absolute atomic E-state index is 0.0535. The Hall–Kier alpha value is -3.27. The summed E-state index contributed by atoms with van der Waals surface area (Å²) >= 11 is 0. The van der Waals surface area contributed by atoms with Crippen molar-refractivity contribution in [3.05, 3.63) is 52.9 Å². The number of hydrazine groups is 1. The van der Waals surface area contributed by atoms with E-state index < -0.39 is 11.7 Å². The summed E-state index contributed by atoms with van der Waals surface area (Å²) in [6, 6.07) is 5.74. The van der Waals surface area contributed by atoms with Crippen molar-refractivity contribution in [3.8, 4) is 5.75 Å². The van der Waals surface area contributed by atoms with E-state index in [4.69, 9.17) is 16.3 Å². The summed E-state index contributed by atoms with van der Waals surface area (Å²) in [7, 11) is 2.88. The molecule has 0 unspecified atom stereocenters. The third-order valence-electron chi connectivity index (χ3n) is 3.27. The van der Waals surface area contributed by atoms with Crippen molar-refractivity contribution >= 4 is 11.7 Å². The topological polar surface area (TPSA) is 132 Å². The summed E-state index contributed by atoms with van der Waals surface area (Å²) in [6.45, 7) is 1.80. The van der Waals surface area contributed by atoms with Gasteiger partial charge in [0, 0.05) is 13.6 Å². The predicted molar refractivity (Wildman–Crippen MR) is 93.6 cm³/mol. The largest absolute Gasteiger partial charge is 0.494 e. The molecular weight excluding hydrogens is 341 g/mol. The van der Waals surface area contributed by atoms with Gasteiger partial charge in [0.05, 0.1) is 7.11 Å². The molecule has 26 heavy (non-hydrogen) atoms. The van der Waals surface area contributed by atoms with E-state index in [9.17, 15) is 9.18 Å². The van der Waals surface area contributed by atoms with Crippen LogP contribution in [0.25, 0.3) is 0 Å². The molecule has 0 spiro atoms. The van der Waals surface area contributed by atoms with Crippen LogP contribution in [0.3, 0.4) is 0 Å². The first kappa shape index (κ1) is 19.1. The maximum absolute atomic E-state index is 13.4. The monoisotopic (exact) mass is 361 g/mol. The van der Waals surface area contributed by atoms with Crippen LogP contribution in [0.1, 0.15) is 27.6 Å². The Kier molecular flexibility index (Phi) is 6.02. The molecule has 1 aromatic heterocycles. The van der Waals surface area contributed by atoms with E-state index in [2.05, 4.69) is 20.4 Å². The number of hydrazone groups is 1. The zero-order chi connectivity index (χ0) is 19.3. The van der Waals surface area contributed by atoms with E-state index in [0.717, 1.165) is 5.12 Å². The first-order chi connectivity index (χ1) is 12.3. The lowest BCUT2D eigenvalue weighted by Gasteiger charge is -2.10. The molecule has 10 heteroatoms. The fourth-order valence-corrected chi connectivity index (χ4v) is 2.12. The second kappa shape index (κ2) is 8.21. The van der Waals surface area contributed by atoms with Gasteiger partial charge in [-0.15, -0.1) is 5.10 Å². The molecule has 1 aromatic carbocycles. The summed E-state index contributed by atoms with van der Waals surface area (Å²) in [6.07, 6.45) is 0. The molecule has 1 heterocycles. The third kappa shape index (κ3) is 4.86. The van der Waals surface area contributed by atoms with Gasteiger partial charge in [-0.05, 0) is 30.7 Å². The normalized spacial score (nSPS) is 11.2. The van der Waals surface area contributed by atoms with Crippen LogP contribution in [0.15, 0.2) is 29.4 Å². The van der Waals surface area contributed by atoms with Crippen LogP contribution < -0.4 is 21.6 Å². The van der Waals surface area contributed by atoms with E-state index in [1.807, 2.05) is 0 Å². The highest BCUT2D eigenvalue weighted by Crippen LogP contribution is 2.18. The molecule has 9 nitrogen and oxygen atoms in total. The Balaban J connectivity index is 2.16. The molecular formula is C16H20FN7O2. The molecule has 0 saturated carbocycles. The highest BCUT2D eigenvalue weighted by Gasteiger charge is 2.13. The van der Waals surface area contributed by atoms with Crippen LogP contribution in [0, 0.1) is 12.7 Å². The van der Waals surface area contributed by atoms with Crippen molar-refractivity contribution in [1.29, 1.82) is 0 Å². The van der Waals surface area contributed by atoms with Crippen molar-refractivity contribution in [2.75, 3.05) is 14.2 Å². The van der Waals surface area contributed by atoms with Gasteiger partial charge in [0.1, 0.15) is 17.2 Å². The van der Waals surface area contributed by atoms with Gasteiger partial charge >= 0.3 is 0 Å². The lowest BCUT2D eigenvalue weighted by Crippen LogP contribution is -2.28. The number of aromatic nitrogens is 2. The lowest BCUT2D eigenvalue weighted by atomic mass is 10.2. The van der Waals surface area contributed by atoms with Gasteiger partial charge in [0.2, 0.25) is 0 Å².